The molecule has 0 aliphatic rings. The predicted octanol–water partition coefficient (Wildman–Crippen LogP) is 3.97. The van der Waals surface area contributed by atoms with E-state index in [4.69, 9.17) is 5.73 Å². The average molecular weight is 288 g/mol. The van der Waals surface area contributed by atoms with Crippen LogP contribution < -0.4 is 5.73 Å². The quantitative estimate of drug-likeness (QED) is 0.850. The maximum Gasteiger partial charge on any atom is 0.433 e. The number of nitrogen functional groups attached to an aromatic ring is 1. The molecular weight excluding hydrogens is 280 g/mol. The second kappa shape index (κ2) is 5.08. The summed E-state index contributed by atoms with van der Waals surface area (Å²) < 4.78 is 50.3. The standard InChI is InChI=1S/C12H8F4N2S/c13-7-1-3-8(4-2-7)19-10-5-11(12(14,15)16)18-6-9(10)17/h1-6H,17H2. The molecule has 19 heavy (non-hydrogen) atoms. The van der Waals surface area contributed by atoms with Crippen LogP contribution in [0.2, 0.25) is 0 Å². The highest BCUT2D eigenvalue weighted by Crippen LogP contribution is 2.36. The topological polar surface area (TPSA) is 38.9 Å². The van der Waals surface area contributed by atoms with Crippen molar-refractivity contribution >= 4 is 17.4 Å². The molecule has 1 aromatic heterocycles. The van der Waals surface area contributed by atoms with E-state index in [0.29, 0.717) is 4.90 Å². The summed E-state index contributed by atoms with van der Waals surface area (Å²) in [6.07, 6.45) is -3.56. The Hall–Kier alpha value is -1.76. The summed E-state index contributed by atoms with van der Waals surface area (Å²) in [5.74, 6) is -0.414. The van der Waals surface area contributed by atoms with Crippen LogP contribution in [-0.4, -0.2) is 4.98 Å². The Morgan fingerprint density at radius 2 is 1.74 bits per heavy atom. The van der Waals surface area contributed by atoms with E-state index in [2.05, 4.69) is 4.98 Å². The van der Waals surface area contributed by atoms with E-state index in [0.717, 1.165) is 24.0 Å². The number of hydrogen-bond acceptors (Lipinski definition) is 3. The molecule has 2 rings (SSSR count). The summed E-state index contributed by atoms with van der Waals surface area (Å²) in [5.41, 5.74) is 4.72. The van der Waals surface area contributed by atoms with Gasteiger partial charge in [-0.1, -0.05) is 11.8 Å². The second-order valence-corrected chi connectivity index (χ2v) is 4.78. The third kappa shape index (κ3) is 3.37. The third-order valence-electron chi connectivity index (χ3n) is 2.23. The van der Waals surface area contributed by atoms with Crippen molar-refractivity contribution in [1.82, 2.24) is 4.98 Å². The Bertz CT molecular complexity index is 581. The molecule has 0 bridgehead atoms. The van der Waals surface area contributed by atoms with Crippen LogP contribution in [0.25, 0.3) is 0 Å². The van der Waals surface area contributed by atoms with Crippen molar-refractivity contribution in [3.8, 4) is 0 Å². The third-order valence-corrected chi connectivity index (χ3v) is 3.31. The minimum atomic E-state index is -4.52. The number of rotatable bonds is 2. The van der Waals surface area contributed by atoms with Gasteiger partial charge in [-0.25, -0.2) is 9.37 Å². The molecule has 2 aromatic rings. The normalized spacial score (nSPS) is 11.6. The van der Waals surface area contributed by atoms with E-state index < -0.39 is 17.7 Å². The van der Waals surface area contributed by atoms with E-state index in [-0.39, 0.29) is 10.6 Å². The van der Waals surface area contributed by atoms with E-state index in [1.807, 2.05) is 0 Å². The molecule has 7 heteroatoms. The Morgan fingerprint density at radius 3 is 2.32 bits per heavy atom. The number of pyridine rings is 1. The summed E-state index contributed by atoms with van der Waals surface area (Å²) >= 11 is 1.02. The van der Waals surface area contributed by atoms with Crippen LogP contribution in [-0.2, 0) is 6.18 Å². The number of anilines is 1. The average Bonchev–Trinajstić information content (AvgIpc) is 2.33. The number of halogens is 4. The van der Waals surface area contributed by atoms with Gasteiger partial charge in [0.15, 0.2) is 0 Å². The molecule has 100 valence electrons. The Morgan fingerprint density at radius 1 is 1.11 bits per heavy atom. The number of aromatic nitrogens is 1. The summed E-state index contributed by atoms with van der Waals surface area (Å²) in [6, 6.07) is 6.26. The molecule has 0 fully saturated rings. The van der Waals surface area contributed by atoms with Crippen LogP contribution in [0.4, 0.5) is 23.2 Å². The predicted molar refractivity (Wildman–Crippen MR) is 64.2 cm³/mol. The molecule has 0 saturated heterocycles. The Kier molecular flexibility index (Phi) is 3.66. The van der Waals surface area contributed by atoms with Gasteiger partial charge in [0.25, 0.3) is 0 Å². The number of alkyl halides is 3. The van der Waals surface area contributed by atoms with Crippen molar-refractivity contribution < 1.29 is 17.6 Å². The van der Waals surface area contributed by atoms with E-state index >= 15 is 0 Å². The zero-order valence-corrected chi connectivity index (χ0v) is 10.2. The molecule has 0 saturated carbocycles. The lowest BCUT2D eigenvalue weighted by Crippen LogP contribution is -2.08. The molecule has 0 aliphatic carbocycles. The first-order valence-corrected chi connectivity index (χ1v) is 5.94. The molecule has 1 aromatic carbocycles. The highest BCUT2D eigenvalue weighted by molar-refractivity contribution is 7.99. The maximum atomic E-state index is 12.7. The van der Waals surface area contributed by atoms with Crippen molar-refractivity contribution in [3.05, 3.63) is 48.0 Å². The van der Waals surface area contributed by atoms with E-state index in [1.165, 1.54) is 24.3 Å². The SMILES string of the molecule is Nc1cnc(C(F)(F)F)cc1Sc1ccc(F)cc1. The van der Waals surface area contributed by atoms with Crippen LogP contribution in [0.3, 0.4) is 0 Å². The first kappa shape index (κ1) is 13.7. The number of hydrogen-bond donors (Lipinski definition) is 1. The summed E-state index contributed by atoms with van der Waals surface area (Å²) in [7, 11) is 0. The molecule has 0 amide bonds. The summed E-state index contributed by atoms with van der Waals surface area (Å²) in [5, 5.41) is 0. The number of nitrogens with zero attached hydrogens (tertiary/aromatic N) is 1. The van der Waals surface area contributed by atoms with Crippen molar-refractivity contribution in [2.75, 3.05) is 5.73 Å². The molecule has 0 spiro atoms. The molecule has 0 radical (unpaired) electrons. The summed E-state index contributed by atoms with van der Waals surface area (Å²) in [4.78, 5) is 4.06. The smallest absolute Gasteiger partial charge is 0.397 e. The van der Waals surface area contributed by atoms with Gasteiger partial charge in [0.1, 0.15) is 11.5 Å². The maximum absolute atomic E-state index is 12.7. The van der Waals surface area contributed by atoms with Crippen molar-refractivity contribution in [3.63, 3.8) is 0 Å². The molecule has 0 atom stereocenters. The first-order valence-electron chi connectivity index (χ1n) is 5.12. The first-order chi connectivity index (χ1) is 8.86. The van der Waals surface area contributed by atoms with Crippen molar-refractivity contribution in [1.29, 1.82) is 0 Å². The molecule has 0 aliphatic heterocycles. The van der Waals surface area contributed by atoms with Crippen LogP contribution in [0, 0.1) is 5.82 Å². The Balaban J connectivity index is 2.31. The summed E-state index contributed by atoms with van der Waals surface area (Å²) in [6.45, 7) is 0. The fraction of sp³-hybridized carbons (Fsp3) is 0.0833. The van der Waals surface area contributed by atoms with Gasteiger partial charge in [-0.3, -0.25) is 0 Å². The zero-order valence-electron chi connectivity index (χ0n) is 9.41. The van der Waals surface area contributed by atoms with Gasteiger partial charge in [0, 0.05) is 9.79 Å². The van der Waals surface area contributed by atoms with Crippen LogP contribution in [0.5, 0.6) is 0 Å². The van der Waals surface area contributed by atoms with Crippen LogP contribution in [0.1, 0.15) is 5.69 Å². The van der Waals surface area contributed by atoms with Crippen molar-refractivity contribution in [2.45, 2.75) is 16.0 Å². The van der Waals surface area contributed by atoms with Crippen LogP contribution in [0.15, 0.2) is 46.3 Å². The van der Waals surface area contributed by atoms with E-state index in [1.54, 1.807) is 0 Å². The van der Waals surface area contributed by atoms with Gasteiger partial charge < -0.3 is 5.73 Å². The minimum absolute atomic E-state index is 0.141. The largest absolute Gasteiger partial charge is 0.433 e. The zero-order chi connectivity index (χ0) is 14.0. The fourth-order valence-electron chi connectivity index (χ4n) is 1.32. The highest BCUT2D eigenvalue weighted by Gasteiger charge is 2.33. The number of benzene rings is 1. The second-order valence-electron chi connectivity index (χ2n) is 3.66. The molecule has 2 nitrogen and oxygen atoms in total. The lowest BCUT2D eigenvalue weighted by molar-refractivity contribution is -0.141. The van der Waals surface area contributed by atoms with Gasteiger partial charge in [-0.15, -0.1) is 0 Å². The minimum Gasteiger partial charge on any atom is -0.397 e. The molecule has 1 heterocycles. The van der Waals surface area contributed by atoms with Gasteiger partial charge in [-0.2, -0.15) is 13.2 Å². The lowest BCUT2D eigenvalue weighted by Gasteiger charge is -2.09. The molecule has 0 unspecified atom stereocenters. The monoisotopic (exact) mass is 288 g/mol. The highest BCUT2D eigenvalue weighted by atomic mass is 32.2. The number of nitrogens with two attached hydrogens (primary N) is 1. The Labute approximate surface area is 110 Å². The van der Waals surface area contributed by atoms with Crippen LogP contribution >= 0.6 is 11.8 Å². The molecular formula is C12H8F4N2S. The fourth-order valence-corrected chi connectivity index (χ4v) is 2.19. The van der Waals surface area contributed by atoms with Gasteiger partial charge in [0.05, 0.1) is 11.9 Å². The van der Waals surface area contributed by atoms with Crippen molar-refractivity contribution in [2.24, 2.45) is 0 Å². The van der Waals surface area contributed by atoms with Gasteiger partial charge >= 0.3 is 6.18 Å². The van der Waals surface area contributed by atoms with Gasteiger partial charge in [0.2, 0.25) is 0 Å². The molecule has 2 N–H and O–H groups in total. The van der Waals surface area contributed by atoms with Gasteiger partial charge in [-0.05, 0) is 30.3 Å². The lowest BCUT2D eigenvalue weighted by atomic mass is 10.3. The van der Waals surface area contributed by atoms with E-state index in [9.17, 15) is 17.6 Å².